The van der Waals surface area contributed by atoms with Crippen LogP contribution in [-0.4, -0.2) is 63.0 Å². The highest BCUT2D eigenvalue weighted by Gasteiger charge is 2.50. The predicted octanol–water partition coefficient (Wildman–Crippen LogP) is 9.00. The molecule has 1 aromatic carbocycles. The molecule has 54 heavy (non-hydrogen) atoms. The molecule has 2 amide bonds. The van der Waals surface area contributed by atoms with E-state index in [0.29, 0.717) is 18.6 Å². The molecule has 0 saturated carbocycles. The summed E-state index contributed by atoms with van der Waals surface area (Å²) in [4.78, 5) is 27.2. The zero-order valence-electron chi connectivity index (χ0n) is 40.5. The molecule has 9 nitrogen and oxygen atoms in total. The molecule has 0 aliphatic rings. The quantitative estimate of drug-likeness (QED) is 0.0957. The number of hydrogen-bond donors (Lipinski definition) is 3. The van der Waals surface area contributed by atoms with Gasteiger partial charge in [-0.1, -0.05) is 95.5 Å². The largest absolute Gasteiger partial charge is 0.490 e. The Morgan fingerprint density at radius 1 is 0.870 bits per heavy atom. The standard InChI is InChI=1S/C45H83N3O6/c1-19-31(8)39(32(9)35-21-22-36(52-20-2)37(23-35)54-26-30(7)25-53-29(5)6)34(11)45(17,47)38(51-18)24-43(15,33(10)28(3)4)41(50)48-27-44(16,40(46)49)42(12,13)14/h21-23,28-34,38-39H,19-20,24-27,47H2,1-18H3,(H2,46,49)(H,48,50)/t30?,31?,32?,33?,34?,38-,39-,43-,44?,45-/m0/s1/i21D,22D,23D. The molecule has 6 unspecified atom stereocenters. The first-order chi connectivity index (χ1) is 26.0. The van der Waals surface area contributed by atoms with E-state index in [1.54, 1.807) is 14.0 Å². The van der Waals surface area contributed by atoms with Gasteiger partial charge in [-0.3, -0.25) is 9.59 Å². The number of nitrogens with one attached hydrogen (secondary N) is 1. The molecule has 0 spiro atoms. The average Bonchev–Trinajstić information content (AvgIpc) is 3.12. The maximum Gasteiger partial charge on any atom is 0.226 e. The van der Waals surface area contributed by atoms with E-state index in [4.69, 9.17) is 31.8 Å². The second-order valence-electron chi connectivity index (χ2n) is 18.6. The van der Waals surface area contributed by atoms with Crippen LogP contribution in [0.5, 0.6) is 11.5 Å². The third-order valence-electron chi connectivity index (χ3n) is 13.1. The van der Waals surface area contributed by atoms with Crippen molar-refractivity contribution in [3.05, 3.63) is 23.7 Å². The molecule has 0 fully saturated rings. The summed E-state index contributed by atoms with van der Waals surface area (Å²) in [5, 5.41) is 3.13. The van der Waals surface area contributed by atoms with Crippen molar-refractivity contribution in [3.63, 3.8) is 0 Å². The average molecular weight is 765 g/mol. The summed E-state index contributed by atoms with van der Waals surface area (Å²) in [7, 11) is 1.63. The van der Waals surface area contributed by atoms with Gasteiger partial charge in [0.05, 0.1) is 47.0 Å². The molecule has 5 N–H and O–H groups in total. The summed E-state index contributed by atoms with van der Waals surface area (Å²) in [6.07, 6.45) is 0.605. The highest BCUT2D eigenvalue weighted by atomic mass is 16.5. The number of carbonyl (C=O) groups excluding carboxylic acids is 2. The Hall–Kier alpha value is -2.36. The van der Waals surface area contributed by atoms with E-state index in [2.05, 4.69) is 46.9 Å². The van der Waals surface area contributed by atoms with Crippen molar-refractivity contribution in [1.29, 1.82) is 0 Å². The lowest BCUT2D eigenvalue weighted by Gasteiger charge is -2.49. The maximum absolute atomic E-state index is 14.5. The SMILES string of the molecule is [2H]c1c([2H])c(C(C)[C@H](C(C)CC)C(C)[C@](C)(N)[C@H](C[C@](C)(C(=O)NCC(C)(C(N)=O)C(C)(C)C)C(C)C(C)C)OC)c([2H])c(OCC(C)COC(C)C)c1OCC. The van der Waals surface area contributed by atoms with Crippen LogP contribution in [0.2, 0.25) is 0 Å². The molecule has 0 aromatic heterocycles. The Balaban J connectivity index is 3.81. The van der Waals surface area contributed by atoms with Gasteiger partial charge in [-0.2, -0.15) is 0 Å². The molecule has 1 rings (SSSR count). The number of rotatable bonds is 24. The fourth-order valence-electron chi connectivity index (χ4n) is 7.53. The predicted molar refractivity (Wildman–Crippen MR) is 224 cm³/mol. The zero-order chi connectivity index (χ0) is 44.6. The number of amides is 2. The second-order valence-corrected chi connectivity index (χ2v) is 18.6. The number of nitrogens with two attached hydrogens (primary N) is 2. The van der Waals surface area contributed by atoms with Gasteiger partial charge < -0.3 is 35.7 Å². The summed E-state index contributed by atoms with van der Waals surface area (Å²) >= 11 is 0. The van der Waals surface area contributed by atoms with Crippen LogP contribution >= 0.6 is 0 Å². The summed E-state index contributed by atoms with van der Waals surface area (Å²) in [5.74, 6) is -1.01. The van der Waals surface area contributed by atoms with Crippen molar-refractivity contribution < 1.29 is 32.6 Å². The lowest BCUT2D eigenvalue weighted by Crippen LogP contribution is -2.60. The zero-order valence-corrected chi connectivity index (χ0v) is 37.5. The first-order valence-corrected chi connectivity index (χ1v) is 20.4. The van der Waals surface area contributed by atoms with Crippen LogP contribution in [0.15, 0.2) is 18.1 Å². The molecule has 0 aliphatic carbocycles. The van der Waals surface area contributed by atoms with Crippen LogP contribution in [0, 0.1) is 51.8 Å². The van der Waals surface area contributed by atoms with Gasteiger partial charge in [-0.25, -0.2) is 0 Å². The molecule has 0 bridgehead atoms. The molecule has 9 heteroatoms. The Morgan fingerprint density at radius 3 is 1.93 bits per heavy atom. The monoisotopic (exact) mass is 765 g/mol. The molecule has 0 saturated heterocycles. The summed E-state index contributed by atoms with van der Waals surface area (Å²) in [6, 6.07) is -0.130. The maximum atomic E-state index is 14.5. The molecule has 1 aromatic rings. The van der Waals surface area contributed by atoms with Gasteiger partial charge in [-0.15, -0.1) is 0 Å². The third-order valence-corrected chi connectivity index (χ3v) is 13.1. The molecule has 0 heterocycles. The normalized spacial score (nSPS) is 20.5. The molecule has 314 valence electrons. The van der Waals surface area contributed by atoms with Gasteiger partial charge in [0, 0.05) is 25.1 Å². The number of benzene rings is 1. The first-order valence-electron chi connectivity index (χ1n) is 21.9. The number of primary amides is 1. The van der Waals surface area contributed by atoms with Gasteiger partial charge in [0.25, 0.3) is 0 Å². The van der Waals surface area contributed by atoms with Crippen LogP contribution in [0.4, 0.5) is 0 Å². The molecule has 0 radical (unpaired) electrons. The van der Waals surface area contributed by atoms with E-state index in [-0.39, 0.29) is 103 Å². The summed E-state index contributed by atoms with van der Waals surface area (Å²) in [5.41, 5.74) is 10.4. The highest BCUT2D eigenvalue weighted by molar-refractivity contribution is 5.85. The minimum absolute atomic E-state index is 0.0150. The van der Waals surface area contributed by atoms with Crippen molar-refractivity contribution in [1.82, 2.24) is 5.32 Å². The van der Waals surface area contributed by atoms with Gasteiger partial charge in [-0.05, 0) is 99.6 Å². The van der Waals surface area contributed by atoms with Crippen molar-refractivity contribution in [3.8, 4) is 11.5 Å². The lowest BCUT2D eigenvalue weighted by atomic mass is 9.61. The van der Waals surface area contributed by atoms with Crippen LogP contribution in [0.1, 0.15) is 146 Å². The Morgan fingerprint density at radius 2 is 1.46 bits per heavy atom. The van der Waals surface area contributed by atoms with Crippen LogP contribution in [0.3, 0.4) is 0 Å². The Bertz CT molecular complexity index is 1470. The van der Waals surface area contributed by atoms with E-state index >= 15 is 0 Å². The highest BCUT2D eigenvalue weighted by Crippen LogP contribution is 2.47. The number of methoxy groups -OCH3 is 1. The van der Waals surface area contributed by atoms with Crippen LogP contribution < -0.4 is 26.3 Å². The first kappa shape index (κ1) is 44.4. The van der Waals surface area contributed by atoms with Crippen LogP contribution in [0.25, 0.3) is 0 Å². The Labute approximate surface area is 335 Å². The summed E-state index contributed by atoms with van der Waals surface area (Å²) < 4.78 is 52.0. The van der Waals surface area contributed by atoms with Crippen LogP contribution in [-0.2, 0) is 19.1 Å². The molecular weight excluding hydrogens is 679 g/mol. The number of hydrogen-bond acceptors (Lipinski definition) is 7. The smallest absolute Gasteiger partial charge is 0.226 e. The van der Waals surface area contributed by atoms with Gasteiger partial charge >= 0.3 is 0 Å². The molecule has 10 atom stereocenters. The van der Waals surface area contributed by atoms with Gasteiger partial charge in [0.1, 0.15) is 0 Å². The molecular formula is C45H83N3O6. The van der Waals surface area contributed by atoms with E-state index in [0.717, 1.165) is 6.42 Å². The van der Waals surface area contributed by atoms with E-state index in [1.165, 1.54) is 0 Å². The summed E-state index contributed by atoms with van der Waals surface area (Å²) in [6.45, 7) is 35.1. The minimum atomic E-state index is -0.993. The topological polar surface area (TPSA) is 135 Å². The van der Waals surface area contributed by atoms with E-state index in [9.17, 15) is 12.3 Å². The minimum Gasteiger partial charge on any atom is -0.490 e. The number of ether oxygens (including phenoxy) is 4. The third kappa shape index (κ3) is 12.3. The van der Waals surface area contributed by atoms with Crippen molar-refractivity contribution in [2.75, 3.05) is 33.5 Å². The van der Waals surface area contributed by atoms with Crippen molar-refractivity contribution in [2.24, 2.45) is 63.2 Å². The van der Waals surface area contributed by atoms with Crippen molar-refractivity contribution >= 4 is 11.8 Å². The second kappa shape index (κ2) is 20.7. The van der Waals surface area contributed by atoms with Gasteiger partial charge in [0.15, 0.2) is 11.5 Å². The Kier molecular flexibility index (Phi) is 17.0. The lowest BCUT2D eigenvalue weighted by molar-refractivity contribution is -0.141. The van der Waals surface area contributed by atoms with Crippen molar-refractivity contribution in [2.45, 2.75) is 154 Å². The van der Waals surface area contributed by atoms with Gasteiger partial charge in [0.2, 0.25) is 11.8 Å². The number of carbonyl (C=O) groups is 2. The fraction of sp³-hybridized carbons (Fsp3) is 0.822. The fourth-order valence-corrected chi connectivity index (χ4v) is 7.53. The van der Waals surface area contributed by atoms with E-state index < -0.39 is 33.8 Å². The molecule has 0 aliphatic heterocycles. The van der Waals surface area contributed by atoms with E-state index in [1.807, 2.05) is 69.2 Å².